The van der Waals surface area contributed by atoms with E-state index in [1.165, 1.54) is 0 Å². The van der Waals surface area contributed by atoms with Crippen LogP contribution >= 0.6 is 11.3 Å². The van der Waals surface area contributed by atoms with Gasteiger partial charge in [0.25, 0.3) is 0 Å². The highest BCUT2D eigenvalue weighted by atomic mass is 32.1. The van der Waals surface area contributed by atoms with E-state index in [0.29, 0.717) is 0 Å². The number of piperazine rings is 1. The first kappa shape index (κ1) is 16.0. The molecule has 0 bridgehead atoms. The summed E-state index contributed by atoms with van der Waals surface area (Å²) >= 11 is 1.67. The molecule has 1 aromatic carbocycles. The molecule has 23 heavy (non-hydrogen) atoms. The molecule has 0 aliphatic carbocycles. The smallest absolute Gasteiger partial charge is 0.244 e. The molecule has 0 N–H and O–H groups in total. The van der Waals surface area contributed by atoms with Crippen molar-refractivity contribution in [1.82, 2.24) is 14.8 Å². The Balaban J connectivity index is 1.75. The van der Waals surface area contributed by atoms with Crippen LogP contribution in [0.15, 0.2) is 41.9 Å². The molecule has 0 saturated carbocycles. The van der Waals surface area contributed by atoms with Crippen LogP contribution in [0.4, 0.5) is 5.13 Å². The number of amides is 1. The highest BCUT2D eigenvalue weighted by Gasteiger charge is 2.31. The number of benzene rings is 1. The molecule has 1 atom stereocenters. The molecular weight excluding hydrogens is 308 g/mol. The quantitative estimate of drug-likeness (QED) is 0.861. The lowest BCUT2D eigenvalue weighted by atomic mass is 10.0. The minimum atomic E-state index is -0.204. The van der Waals surface area contributed by atoms with Gasteiger partial charge in [0.05, 0.1) is 0 Å². The molecule has 1 aliphatic rings. The maximum atomic E-state index is 12.7. The van der Waals surface area contributed by atoms with Crippen molar-refractivity contribution in [2.24, 2.45) is 0 Å². The summed E-state index contributed by atoms with van der Waals surface area (Å²) in [7, 11) is 3.65. The lowest BCUT2D eigenvalue weighted by Crippen LogP contribution is -2.51. The number of anilines is 1. The molecule has 2 heterocycles. The Kier molecular flexibility index (Phi) is 4.93. The van der Waals surface area contributed by atoms with Crippen molar-refractivity contribution in [3.8, 4) is 0 Å². The van der Waals surface area contributed by atoms with E-state index in [1.807, 2.05) is 56.0 Å². The first-order valence-corrected chi connectivity index (χ1v) is 8.69. The number of aromatic nitrogens is 1. The number of hydrogen-bond acceptors (Lipinski definition) is 5. The van der Waals surface area contributed by atoms with Gasteiger partial charge in [-0.05, 0) is 5.56 Å². The van der Waals surface area contributed by atoms with E-state index in [0.717, 1.165) is 36.9 Å². The molecule has 1 saturated heterocycles. The van der Waals surface area contributed by atoms with E-state index in [2.05, 4.69) is 14.8 Å². The molecule has 1 aromatic heterocycles. The number of carbonyl (C=O) groups excluding carboxylic acids is 1. The van der Waals surface area contributed by atoms with Crippen LogP contribution in [-0.4, -0.2) is 61.0 Å². The fraction of sp³-hybridized carbons (Fsp3) is 0.412. The third-order valence-corrected chi connectivity index (χ3v) is 4.99. The van der Waals surface area contributed by atoms with Crippen LogP contribution in [-0.2, 0) is 4.79 Å². The summed E-state index contributed by atoms with van der Waals surface area (Å²) < 4.78 is 0. The van der Waals surface area contributed by atoms with Crippen molar-refractivity contribution >= 4 is 22.4 Å². The Morgan fingerprint density at radius 2 is 1.87 bits per heavy atom. The minimum Gasteiger partial charge on any atom is -0.347 e. The lowest BCUT2D eigenvalue weighted by molar-refractivity contribution is -0.134. The summed E-state index contributed by atoms with van der Waals surface area (Å²) in [6.45, 7) is 3.52. The first-order chi connectivity index (χ1) is 11.2. The Bertz CT molecular complexity index is 621. The van der Waals surface area contributed by atoms with E-state index < -0.39 is 0 Å². The third kappa shape index (κ3) is 3.54. The second kappa shape index (κ2) is 7.10. The van der Waals surface area contributed by atoms with Crippen LogP contribution in [0.3, 0.4) is 0 Å². The highest BCUT2D eigenvalue weighted by molar-refractivity contribution is 7.13. The van der Waals surface area contributed by atoms with Crippen LogP contribution in [0.25, 0.3) is 0 Å². The average molecular weight is 330 g/mol. The number of thiazole rings is 1. The molecule has 1 fully saturated rings. The molecular formula is C17H22N4OS. The van der Waals surface area contributed by atoms with Crippen molar-refractivity contribution in [2.75, 3.05) is 45.2 Å². The highest BCUT2D eigenvalue weighted by Crippen LogP contribution is 2.26. The molecule has 2 aromatic rings. The number of nitrogens with zero attached hydrogens (tertiary/aromatic N) is 4. The monoisotopic (exact) mass is 330 g/mol. The van der Waals surface area contributed by atoms with Crippen LogP contribution in [0, 0.1) is 0 Å². The van der Waals surface area contributed by atoms with Crippen LogP contribution < -0.4 is 4.90 Å². The van der Waals surface area contributed by atoms with Gasteiger partial charge in [-0.25, -0.2) is 4.98 Å². The molecule has 0 unspecified atom stereocenters. The van der Waals surface area contributed by atoms with E-state index in [-0.39, 0.29) is 11.9 Å². The zero-order chi connectivity index (χ0) is 16.2. The van der Waals surface area contributed by atoms with Gasteiger partial charge in [-0.1, -0.05) is 30.3 Å². The maximum Gasteiger partial charge on any atom is 0.244 e. The van der Waals surface area contributed by atoms with Crippen LogP contribution in [0.2, 0.25) is 0 Å². The van der Waals surface area contributed by atoms with Crippen LogP contribution in [0.5, 0.6) is 0 Å². The lowest BCUT2D eigenvalue weighted by Gasteiger charge is -2.39. The van der Waals surface area contributed by atoms with E-state index >= 15 is 0 Å². The summed E-state index contributed by atoms with van der Waals surface area (Å²) in [4.78, 5) is 23.4. The van der Waals surface area contributed by atoms with E-state index in [9.17, 15) is 4.79 Å². The SMILES string of the molecule is CN(C)C(=O)[C@@H](c1ccccc1)N1CCN(c2nccs2)CC1. The standard InChI is InChI=1S/C17H22N4OS/c1-19(2)16(22)15(14-6-4-3-5-7-14)20-9-11-21(12-10-20)17-18-8-13-23-17/h3-8,13,15H,9-12H2,1-2H3/t15-/m1/s1. The topological polar surface area (TPSA) is 39.7 Å². The maximum absolute atomic E-state index is 12.7. The van der Waals surface area contributed by atoms with Gasteiger partial charge in [0.2, 0.25) is 5.91 Å². The van der Waals surface area contributed by atoms with Crippen molar-refractivity contribution in [1.29, 1.82) is 0 Å². The fourth-order valence-corrected chi connectivity index (χ4v) is 3.63. The average Bonchev–Trinajstić information content (AvgIpc) is 3.11. The van der Waals surface area contributed by atoms with E-state index in [1.54, 1.807) is 16.2 Å². The number of hydrogen-bond donors (Lipinski definition) is 0. The summed E-state index contributed by atoms with van der Waals surface area (Å²) in [5.41, 5.74) is 1.06. The zero-order valence-electron chi connectivity index (χ0n) is 13.6. The first-order valence-electron chi connectivity index (χ1n) is 7.81. The summed E-state index contributed by atoms with van der Waals surface area (Å²) in [5, 5.41) is 3.07. The summed E-state index contributed by atoms with van der Waals surface area (Å²) in [6.07, 6.45) is 1.84. The summed E-state index contributed by atoms with van der Waals surface area (Å²) in [5.74, 6) is 0.138. The molecule has 5 nitrogen and oxygen atoms in total. The normalized spacial score (nSPS) is 17.0. The van der Waals surface area contributed by atoms with Gasteiger partial charge in [-0.15, -0.1) is 11.3 Å². The fourth-order valence-electron chi connectivity index (χ4n) is 2.93. The molecule has 0 radical (unpaired) electrons. The van der Waals surface area contributed by atoms with Gasteiger partial charge >= 0.3 is 0 Å². The Labute approximate surface area is 141 Å². The second-order valence-corrected chi connectivity index (χ2v) is 6.76. The zero-order valence-corrected chi connectivity index (χ0v) is 14.4. The van der Waals surface area contributed by atoms with Gasteiger partial charge in [0.1, 0.15) is 6.04 Å². The molecule has 1 aliphatic heterocycles. The predicted molar refractivity (Wildman–Crippen MR) is 93.8 cm³/mol. The molecule has 122 valence electrons. The van der Waals surface area contributed by atoms with Gasteiger partial charge in [0.15, 0.2) is 5.13 Å². The molecule has 3 rings (SSSR count). The molecule has 1 amide bonds. The number of rotatable bonds is 4. The Morgan fingerprint density at radius 3 is 2.43 bits per heavy atom. The van der Waals surface area contributed by atoms with Gasteiger partial charge in [-0.3, -0.25) is 9.69 Å². The van der Waals surface area contributed by atoms with Gasteiger partial charge < -0.3 is 9.80 Å². The molecule has 0 spiro atoms. The van der Waals surface area contributed by atoms with Crippen molar-refractivity contribution in [3.05, 3.63) is 47.5 Å². The summed E-state index contributed by atoms with van der Waals surface area (Å²) in [6, 6.07) is 9.86. The minimum absolute atomic E-state index is 0.138. The third-order valence-electron chi connectivity index (χ3n) is 4.16. The second-order valence-electron chi connectivity index (χ2n) is 5.88. The Morgan fingerprint density at radius 1 is 1.17 bits per heavy atom. The van der Waals surface area contributed by atoms with Gasteiger partial charge in [0, 0.05) is 51.9 Å². The Hall–Kier alpha value is -1.92. The largest absolute Gasteiger partial charge is 0.347 e. The van der Waals surface area contributed by atoms with Crippen molar-refractivity contribution < 1.29 is 4.79 Å². The van der Waals surface area contributed by atoms with E-state index in [4.69, 9.17) is 0 Å². The predicted octanol–water partition coefficient (Wildman–Crippen LogP) is 2.09. The number of likely N-dealkylation sites (N-methyl/N-ethyl adjacent to an activating group) is 1. The number of carbonyl (C=O) groups is 1. The van der Waals surface area contributed by atoms with Gasteiger partial charge in [-0.2, -0.15) is 0 Å². The van der Waals surface area contributed by atoms with Crippen molar-refractivity contribution in [3.63, 3.8) is 0 Å². The van der Waals surface area contributed by atoms with Crippen LogP contribution in [0.1, 0.15) is 11.6 Å². The molecule has 6 heteroatoms. The van der Waals surface area contributed by atoms with Crippen molar-refractivity contribution in [2.45, 2.75) is 6.04 Å².